The van der Waals surface area contributed by atoms with Crippen molar-refractivity contribution in [1.82, 2.24) is 20.0 Å². The number of hydrogen-bond acceptors (Lipinski definition) is 3. The van der Waals surface area contributed by atoms with Crippen LogP contribution in [-0.4, -0.2) is 72.2 Å². The minimum Gasteiger partial charge on any atom is -0.362 e. The molecule has 3 aliphatic rings. The molecule has 1 N–H and O–H groups in total. The maximum Gasteiger partial charge on any atom is 0.168 e. The van der Waals surface area contributed by atoms with Crippen LogP contribution in [0.3, 0.4) is 0 Å². The van der Waals surface area contributed by atoms with Crippen molar-refractivity contribution in [2.45, 2.75) is 24.8 Å². The molecule has 2 heterocycles. The van der Waals surface area contributed by atoms with E-state index in [2.05, 4.69) is 20.0 Å². The Morgan fingerprint density at radius 3 is 2.38 bits per heavy atom. The van der Waals surface area contributed by atoms with Crippen LogP contribution in [0.15, 0.2) is 42.5 Å². The first kappa shape index (κ1) is 21.7. The topological polar surface area (TPSA) is 21.8 Å². The molecule has 2 aromatic rings. The van der Waals surface area contributed by atoms with Gasteiger partial charge < -0.3 is 10.2 Å². The normalized spacial score (nSPS) is 24.4. The number of hydrogen-bond donors (Lipinski definition) is 1. The molecule has 0 aromatic heterocycles. The molecule has 2 aliphatic heterocycles. The second-order valence-electron chi connectivity index (χ2n) is 9.08. The van der Waals surface area contributed by atoms with E-state index in [9.17, 15) is 8.78 Å². The van der Waals surface area contributed by atoms with Gasteiger partial charge in [-0.1, -0.05) is 18.2 Å². The lowest BCUT2D eigenvalue weighted by Crippen LogP contribution is -2.52. The van der Waals surface area contributed by atoms with Gasteiger partial charge in [-0.25, -0.2) is 8.78 Å². The summed E-state index contributed by atoms with van der Waals surface area (Å²) in [6, 6.07) is 12.2. The van der Waals surface area contributed by atoms with Gasteiger partial charge in [0, 0.05) is 64.3 Å². The van der Waals surface area contributed by atoms with Gasteiger partial charge in [-0.3, -0.25) is 9.80 Å². The first-order valence-corrected chi connectivity index (χ1v) is 12.0. The number of nitrogens with zero attached hydrogens (tertiary/aromatic N) is 3. The second kappa shape index (κ2) is 9.41. The summed E-state index contributed by atoms with van der Waals surface area (Å²) >= 11 is 5.43. The van der Waals surface area contributed by atoms with Crippen molar-refractivity contribution in [3.05, 3.63) is 70.8 Å². The van der Waals surface area contributed by atoms with E-state index in [1.165, 1.54) is 17.7 Å². The van der Waals surface area contributed by atoms with Gasteiger partial charge in [0.2, 0.25) is 0 Å². The fraction of sp³-hybridized carbons (Fsp3) is 0.480. The Kier molecular flexibility index (Phi) is 6.40. The van der Waals surface area contributed by atoms with Crippen molar-refractivity contribution in [2.75, 3.05) is 52.4 Å². The molecule has 2 atom stereocenters. The molecule has 2 unspecified atom stereocenters. The highest BCUT2D eigenvalue weighted by atomic mass is 32.1. The van der Waals surface area contributed by atoms with Gasteiger partial charge in [0.05, 0.1) is 0 Å². The van der Waals surface area contributed by atoms with Crippen LogP contribution < -0.4 is 5.32 Å². The molecule has 4 nitrogen and oxygen atoms in total. The average Bonchev–Trinajstić information content (AvgIpc) is 3.18. The Bertz CT molecular complexity index is 959. The molecule has 2 saturated heterocycles. The van der Waals surface area contributed by atoms with Crippen LogP contribution in [0.4, 0.5) is 8.78 Å². The van der Waals surface area contributed by atoms with Crippen LogP contribution in [-0.2, 0) is 0 Å². The third kappa shape index (κ3) is 4.51. The van der Waals surface area contributed by atoms with Gasteiger partial charge in [0.1, 0.15) is 11.6 Å². The quantitative estimate of drug-likeness (QED) is 0.691. The lowest BCUT2D eigenvalue weighted by molar-refractivity contribution is 0.0910. The number of benzene rings is 2. The Hall–Kier alpha value is -2.09. The molecule has 2 fully saturated rings. The molecule has 32 heavy (non-hydrogen) atoms. The second-order valence-corrected chi connectivity index (χ2v) is 9.47. The van der Waals surface area contributed by atoms with E-state index in [-0.39, 0.29) is 23.6 Å². The molecular formula is C25H30F2N4S. The molecule has 0 bridgehead atoms. The largest absolute Gasteiger partial charge is 0.362 e. The minimum atomic E-state index is -0.236. The molecule has 2 aromatic carbocycles. The fourth-order valence-corrected chi connectivity index (χ4v) is 5.72. The van der Waals surface area contributed by atoms with Crippen LogP contribution in [0.5, 0.6) is 0 Å². The van der Waals surface area contributed by atoms with Crippen molar-refractivity contribution in [1.29, 1.82) is 0 Å². The number of fused-ring (bicyclic) bond motifs is 1. The first-order valence-electron chi connectivity index (χ1n) is 11.6. The van der Waals surface area contributed by atoms with Gasteiger partial charge in [-0.2, -0.15) is 0 Å². The molecule has 0 spiro atoms. The van der Waals surface area contributed by atoms with E-state index >= 15 is 0 Å². The number of piperazine rings is 1. The minimum absolute atomic E-state index is 0.108. The highest BCUT2D eigenvalue weighted by Crippen LogP contribution is 2.47. The van der Waals surface area contributed by atoms with Gasteiger partial charge >= 0.3 is 0 Å². The highest BCUT2D eigenvalue weighted by molar-refractivity contribution is 7.80. The molecule has 0 amide bonds. The average molecular weight is 457 g/mol. The van der Waals surface area contributed by atoms with Crippen molar-refractivity contribution >= 4 is 17.3 Å². The standard InChI is InChI=1S/C25H30F2N4S/c26-19-4-2-18(3-5-19)22-17-24(21-7-6-20(27)16-23(21)22)30-13-10-29(11-14-30)12-15-31-9-1-8-28-25(31)32/h2-7,16,22,24H,1,8-15,17H2,(H,28,32). The molecule has 0 radical (unpaired) electrons. The Balaban J connectivity index is 1.24. The maximum atomic E-state index is 14.1. The van der Waals surface area contributed by atoms with Crippen molar-refractivity contribution in [3.63, 3.8) is 0 Å². The molecule has 170 valence electrons. The van der Waals surface area contributed by atoms with Crippen LogP contribution in [0.2, 0.25) is 0 Å². The Morgan fingerprint density at radius 2 is 1.62 bits per heavy atom. The molecule has 5 rings (SSSR count). The number of halogens is 2. The summed E-state index contributed by atoms with van der Waals surface area (Å²) in [7, 11) is 0. The zero-order chi connectivity index (χ0) is 22.1. The van der Waals surface area contributed by atoms with Gasteiger partial charge in [-0.05, 0) is 66.0 Å². The summed E-state index contributed by atoms with van der Waals surface area (Å²) in [5.41, 5.74) is 3.33. The van der Waals surface area contributed by atoms with Crippen molar-refractivity contribution in [3.8, 4) is 0 Å². The fourth-order valence-electron chi connectivity index (χ4n) is 5.44. The van der Waals surface area contributed by atoms with E-state index < -0.39 is 0 Å². The molecule has 0 saturated carbocycles. The Morgan fingerprint density at radius 1 is 0.875 bits per heavy atom. The Labute approximate surface area is 194 Å². The lowest BCUT2D eigenvalue weighted by atomic mass is 9.93. The maximum absolute atomic E-state index is 14.1. The van der Waals surface area contributed by atoms with Crippen molar-refractivity contribution in [2.24, 2.45) is 0 Å². The van der Waals surface area contributed by atoms with Crippen LogP contribution >= 0.6 is 12.2 Å². The predicted octanol–water partition coefficient (Wildman–Crippen LogP) is 3.74. The molecule has 1 aliphatic carbocycles. The van der Waals surface area contributed by atoms with Gasteiger partial charge in [0.25, 0.3) is 0 Å². The van der Waals surface area contributed by atoms with E-state index in [0.29, 0.717) is 0 Å². The van der Waals surface area contributed by atoms with E-state index in [0.717, 1.165) is 81.4 Å². The summed E-state index contributed by atoms with van der Waals surface area (Å²) in [6.07, 6.45) is 2.06. The lowest BCUT2D eigenvalue weighted by Gasteiger charge is -2.39. The van der Waals surface area contributed by atoms with E-state index in [1.54, 1.807) is 12.1 Å². The predicted molar refractivity (Wildman–Crippen MR) is 127 cm³/mol. The third-order valence-corrected chi connectivity index (χ3v) is 7.62. The van der Waals surface area contributed by atoms with Crippen LogP contribution in [0.25, 0.3) is 0 Å². The number of rotatable bonds is 5. The number of thiocarbonyl (C=S) groups is 1. The summed E-state index contributed by atoms with van der Waals surface area (Å²) in [5, 5.41) is 4.17. The smallest absolute Gasteiger partial charge is 0.168 e. The molecular weight excluding hydrogens is 426 g/mol. The van der Waals surface area contributed by atoms with Crippen LogP contribution in [0, 0.1) is 11.6 Å². The first-order chi connectivity index (χ1) is 15.6. The molecule has 7 heteroatoms. The van der Waals surface area contributed by atoms with Gasteiger partial charge in [0.15, 0.2) is 5.11 Å². The SMILES string of the molecule is Fc1ccc(C2CC(N3CCN(CCN4CCCNC4=S)CC3)c3ccc(F)cc32)cc1. The summed E-state index contributed by atoms with van der Waals surface area (Å²) in [6.45, 7) is 8.10. The van der Waals surface area contributed by atoms with Crippen molar-refractivity contribution < 1.29 is 8.78 Å². The van der Waals surface area contributed by atoms with E-state index in [1.807, 2.05) is 18.2 Å². The monoisotopic (exact) mass is 456 g/mol. The van der Waals surface area contributed by atoms with Gasteiger partial charge in [-0.15, -0.1) is 0 Å². The zero-order valence-electron chi connectivity index (χ0n) is 18.3. The highest BCUT2D eigenvalue weighted by Gasteiger charge is 2.36. The summed E-state index contributed by atoms with van der Waals surface area (Å²) in [4.78, 5) is 7.34. The summed E-state index contributed by atoms with van der Waals surface area (Å²) < 4.78 is 27.6. The van der Waals surface area contributed by atoms with E-state index in [4.69, 9.17) is 12.2 Å². The zero-order valence-corrected chi connectivity index (χ0v) is 19.1. The van der Waals surface area contributed by atoms with Crippen LogP contribution in [0.1, 0.15) is 41.5 Å². The third-order valence-electron chi connectivity index (χ3n) is 7.22. The number of nitrogens with one attached hydrogen (secondary N) is 1. The summed E-state index contributed by atoms with van der Waals surface area (Å²) in [5.74, 6) is -0.330.